The third kappa shape index (κ3) is 8.55. The second-order valence-corrected chi connectivity index (χ2v) is 10.3. The monoisotopic (exact) mass is 515 g/mol. The molecule has 0 radical (unpaired) electrons. The molecule has 0 fully saturated rings. The van der Waals surface area contributed by atoms with Crippen LogP contribution < -0.4 is 0 Å². The Morgan fingerprint density at radius 1 is 1.26 bits per heavy atom. The average molecular weight is 516 g/mol. The highest BCUT2D eigenvalue weighted by Crippen LogP contribution is 2.23. The van der Waals surface area contributed by atoms with Gasteiger partial charge in [0.2, 0.25) is 5.82 Å². The van der Waals surface area contributed by atoms with Crippen molar-refractivity contribution < 1.29 is 36.3 Å². The van der Waals surface area contributed by atoms with Crippen LogP contribution in [0.15, 0.2) is 27.6 Å². The number of amides is 1. The van der Waals surface area contributed by atoms with E-state index < -0.39 is 26.6 Å². The normalized spacial score (nSPS) is 13.6. The highest BCUT2D eigenvalue weighted by Gasteiger charge is 2.26. The van der Waals surface area contributed by atoms with Gasteiger partial charge in [0.1, 0.15) is 17.3 Å². The highest BCUT2D eigenvalue weighted by molar-refractivity contribution is 7.90. The number of carbonyl (C=O) groups excluding carboxylic acids is 1. The van der Waals surface area contributed by atoms with Gasteiger partial charge in [0.15, 0.2) is 9.84 Å². The minimum Gasteiger partial charge on any atom is -0.447 e. The molecule has 0 aliphatic carbocycles. The third-order valence-corrected chi connectivity index (χ3v) is 6.31. The number of nitrogens with zero attached hydrogens (tertiary/aromatic N) is 3. The van der Waals surface area contributed by atoms with Crippen molar-refractivity contribution >= 4 is 15.9 Å². The Balaban J connectivity index is 2.05. The molecule has 0 N–H and O–H groups in total. The second-order valence-electron chi connectivity index (χ2n) is 8.36. The standard InChI is InChI=1S/C23H34FN3O7S/c1-7-18(12-17(13-31-8-2)27(5)23(28)33-15(3)4)32-14-21-25-22(26-34-21)16-9-10-20(19(24)11-16)35(6,29)30/h9-11,15,17-18H,7-8,12-14H2,1-6H3/t17?,18-/m0/s1. The number of likely N-dealkylation sites (N-methyl/N-ethyl adjacent to an activating group) is 1. The van der Waals surface area contributed by atoms with Crippen molar-refractivity contribution in [3.05, 3.63) is 29.9 Å². The molecule has 1 aromatic carbocycles. The maximum atomic E-state index is 14.2. The summed E-state index contributed by atoms with van der Waals surface area (Å²) in [5.74, 6) is -0.597. The fourth-order valence-corrected chi connectivity index (χ4v) is 3.97. The van der Waals surface area contributed by atoms with Crippen molar-refractivity contribution in [1.82, 2.24) is 15.0 Å². The van der Waals surface area contributed by atoms with Crippen LogP contribution in [-0.2, 0) is 30.7 Å². The summed E-state index contributed by atoms with van der Waals surface area (Å²) in [6.45, 7) is 8.27. The number of sulfone groups is 1. The molecule has 0 spiro atoms. The lowest BCUT2D eigenvalue weighted by Crippen LogP contribution is -2.43. The van der Waals surface area contributed by atoms with E-state index in [0.717, 1.165) is 12.3 Å². The van der Waals surface area contributed by atoms with Crippen LogP contribution in [0, 0.1) is 5.82 Å². The van der Waals surface area contributed by atoms with Gasteiger partial charge in [-0.2, -0.15) is 4.98 Å². The summed E-state index contributed by atoms with van der Waals surface area (Å²) in [4.78, 5) is 17.7. The summed E-state index contributed by atoms with van der Waals surface area (Å²) in [7, 11) is -2.02. The molecule has 12 heteroatoms. The van der Waals surface area contributed by atoms with Crippen LogP contribution in [0.3, 0.4) is 0 Å². The third-order valence-electron chi connectivity index (χ3n) is 5.18. The Morgan fingerprint density at radius 3 is 2.54 bits per heavy atom. The van der Waals surface area contributed by atoms with Crippen LogP contribution in [0.2, 0.25) is 0 Å². The van der Waals surface area contributed by atoms with Crippen molar-refractivity contribution in [3.8, 4) is 11.4 Å². The lowest BCUT2D eigenvalue weighted by Gasteiger charge is -2.30. The Morgan fingerprint density at radius 2 is 1.97 bits per heavy atom. The van der Waals surface area contributed by atoms with E-state index in [1.54, 1.807) is 20.9 Å². The first-order valence-corrected chi connectivity index (χ1v) is 13.3. The van der Waals surface area contributed by atoms with Gasteiger partial charge in [0.25, 0.3) is 5.89 Å². The Hall–Kier alpha value is -2.57. The molecule has 2 aromatic rings. The summed E-state index contributed by atoms with van der Waals surface area (Å²) in [6, 6.07) is 3.36. The molecule has 0 aliphatic rings. The minimum atomic E-state index is -3.68. The van der Waals surface area contributed by atoms with Crippen molar-refractivity contribution in [3.63, 3.8) is 0 Å². The van der Waals surface area contributed by atoms with Gasteiger partial charge in [-0.3, -0.25) is 0 Å². The lowest BCUT2D eigenvalue weighted by atomic mass is 10.1. The van der Waals surface area contributed by atoms with E-state index in [1.165, 1.54) is 17.0 Å². The van der Waals surface area contributed by atoms with Gasteiger partial charge in [-0.25, -0.2) is 17.6 Å². The molecular formula is C23H34FN3O7S. The first kappa shape index (κ1) is 28.7. The van der Waals surface area contributed by atoms with Gasteiger partial charge < -0.3 is 23.6 Å². The molecule has 1 aromatic heterocycles. The predicted octanol–water partition coefficient (Wildman–Crippen LogP) is 3.85. The number of rotatable bonds is 13. The molecule has 2 atom stereocenters. The first-order chi connectivity index (χ1) is 16.5. The van der Waals surface area contributed by atoms with Gasteiger partial charge in [-0.1, -0.05) is 12.1 Å². The van der Waals surface area contributed by atoms with Crippen LogP contribution in [0.1, 0.15) is 46.4 Å². The van der Waals surface area contributed by atoms with E-state index in [9.17, 15) is 17.6 Å². The zero-order chi connectivity index (χ0) is 26.2. The summed E-state index contributed by atoms with van der Waals surface area (Å²) in [5, 5.41) is 3.83. The van der Waals surface area contributed by atoms with Crippen molar-refractivity contribution in [2.45, 2.75) is 70.3 Å². The minimum absolute atomic E-state index is 0.0108. The van der Waals surface area contributed by atoms with Crippen LogP contribution in [-0.4, -0.2) is 74.3 Å². The highest BCUT2D eigenvalue weighted by atomic mass is 32.2. The van der Waals surface area contributed by atoms with Crippen LogP contribution >= 0.6 is 0 Å². The topological polar surface area (TPSA) is 121 Å². The molecule has 35 heavy (non-hydrogen) atoms. The number of halogens is 1. The number of aromatic nitrogens is 2. The quantitative estimate of drug-likeness (QED) is 0.391. The number of hydrogen-bond donors (Lipinski definition) is 0. The number of carbonyl (C=O) groups is 1. The maximum Gasteiger partial charge on any atom is 0.410 e. The van der Waals surface area contributed by atoms with E-state index in [0.29, 0.717) is 26.1 Å². The van der Waals surface area contributed by atoms with Crippen molar-refractivity contribution in [2.75, 3.05) is 26.5 Å². The van der Waals surface area contributed by atoms with E-state index in [-0.39, 0.29) is 42.1 Å². The number of hydrogen-bond acceptors (Lipinski definition) is 9. The van der Waals surface area contributed by atoms with E-state index in [2.05, 4.69) is 10.1 Å². The van der Waals surface area contributed by atoms with Gasteiger partial charge in [0.05, 0.1) is 24.9 Å². The van der Waals surface area contributed by atoms with Crippen LogP contribution in [0.25, 0.3) is 11.4 Å². The Bertz CT molecular complexity index is 1070. The Kier molecular flexibility index (Phi) is 10.6. The summed E-state index contributed by atoms with van der Waals surface area (Å²) in [5.41, 5.74) is 0.277. The van der Waals surface area contributed by atoms with Crippen LogP contribution in [0.5, 0.6) is 0 Å². The number of benzene rings is 1. The zero-order valence-electron chi connectivity index (χ0n) is 21.0. The smallest absolute Gasteiger partial charge is 0.410 e. The first-order valence-electron chi connectivity index (χ1n) is 11.4. The predicted molar refractivity (Wildman–Crippen MR) is 126 cm³/mol. The molecule has 1 amide bonds. The lowest BCUT2D eigenvalue weighted by molar-refractivity contribution is -0.0144. The Labute approximate surface area is 205 Å². The zero-order valence-corrected chi connectivity index (χ0v) is 21.8. The van der Waals surface area contributed by atoms with Gasteiger partial charge in [0, 0.05) is 25.5 Å². The van der Waals surface area contributed by atoms with Gasteiger partial charge in [-0.05, 0) is 51.8 Å². The molecule has 2 rings (SSSR count). The largest absolute Gasteiger partial charge is 0.447 e. The summed E-state index contributed by atoms with van der Waals surface area (Å²) < 4.78 is 59.4. The number of ether oxygens (including phenoxy) is 3. The summed E-state index contributed by atoms with van der Waals surface area (Å²) >= 11 is 0. The van der Waals surface area contributed by atoms with Gasteiger partial charge >= 0.3 is 6.09 Å². The second kappa shape index (κ2) is 12.9. The molecule has 0 aliphatic heterocycles. The van der Waals surface area contributed by atoms with Crippen molar-refractivity contribution in [1.29, 1.82) is 0 Å². The molecule has 10 nitrogen and oxygen atoms in total. The fourth-order valence-electron chi connectivity index (χ4n) is 3.24. The maximum absolute atomic E-state index is 14.2. The van der Waals surface area contributed by atoms with E-state index in [1.807, 2.05) is 13.8 Å². The summed E-state index contributed by atoms with van der Waals surface area (Å²) in [6.07, 6.45) is 1.18. The SMILES string of the molecule is CCOCC(C[C@H](CC)OCc1nc(-c2ccc(S(C)(=O)=O)c(F)c2)no1)N(C)C(=O)OC(C)C. The van der Waals surface area contributed by atoms with Crippen molar-refractivity contribution in [2.24, 2.45) is 0 Å². The molecule has 1 heterocycles. The molecule has 0 saturated carbocycles. The fraction of sp³-hybridized carbons (Fsp3) is 0.609. The average Bonchev–Trinajstić information content (AvgIpc) is 3.26. The molecular weight excluding hydrogens is 481 g/mol. The molecule has 1 unspecified atom stereocenters. The van der Waals surface area contributed by atoms with E-state index >= 15 is 0 Å². The molecule has 0 saturated heterocycles. The molecule has 0 bridgehead atoms. The van der Waals surface area contributed by atoms with Gasteiger partial charge in [-0.15, -0.1) is 0 Å². The molecule has 196 valence electrons. The van der Waals surface area contributed by atoms with Crippen LogP contribution in [0.4, 0.5) is 9.18 Å². The van der Waals surface area contributed by atoms with E-state index in [4.69, 9.17) is 18.7 Å².